The maximum absolute atomic E-state index is 12.9. The van der Waals surface area contributed by atoms with Crippen LogP contribution in [-0.2, 0) is 16.0 Å². The number of fused-ring (bicyclic) bond motifs is 1. The number of pyridine rings is 1. The van der Waals surface area contributed by atoms with Gasteiger partial charge in [0.1, 0.15) is 5.82 Å². The highest BCUT2D eigenvalue weighted by Gasteiger charge is 2.15. The largest absolute Gasteiger partial charge is 0.465 e. The first kappa shape index (κ1) is 23.3. The number of aromatic amines is 1. The number of hydrogen-bond acceptors (Lipinski definition) is 8. The Bertz CT molecular complexity index is 1240. The molecule has 2 aromatic carbocycles. The maximum atomic E-state index is 12.9. The Labute approximate surface area is 197 Å². The molecule has 1 aromatic heterocycles. The van der Waals surface area contributed by atoms with E-state index in [9.17, 15) is 9.59 Å². The summed E-state index contributed by atoms with van der Waals surface area (Å²) < 4.78 is 10.3. The molecule has 4 rings (SSSR count). The molecule has 1 aliphatic heterocycles. The molecule has 0 radical (unpaired) electrons. The predicted octanol–water partition coefficient (Wildman–Crippen LogP) is 2.17. The Hall–Kier alpha value is -3.82. The number of ether oxygens (including phenoxy) is 2. The van der Waals surface area contributed by atoms with Gasteiger partial charge in [-0.25, -0.2) is 10.6 Å². The van der Waals surface area contributed by atoms with Crippen LogP contribution in [0.5, 0.6) is 0 Å². The fourth-order valence-corrected chi connectivity index (χ4v) is 4.03. The average molecular weight is 464 g/mol. The van der Waals surface area contributed by atoms with Crippen molar-refractivity contribution in [2.45, 2.75) is 13.0 Å². The van der Waals surface area contributed by atoms with Crippen LogP contribution >= 0.6 is 0 Å². The molecule has 0 spiro atoms. The number of hydrazine groups is 1. The van der Waals surface area contributed by atoms with Crippen LogP contribution in [0.4, 0.5) is 5.82 Å². The summed E-state index contributed by atoms with van der Waals surface area (Å²) in [6.45, 7) is 3.22. The zero-order valence-electron chi connectivity index (χ0n) is 19.1. The molecule has 1 aliphatic rings. The van der Waals surface area contributed by atoms with E-state index in [4.69, 9.17) is 21.1 Å². The minimum absolute atomic E-state index is 0.0705. The van der Waals surface area contributed by atoms with E-state index >= 15 is 0 Å². The van der Waals surface area contributed by atoms with Gasteiger partial charge >= 0.3 is 5.97 Å². The molecule has 1 saturated heterocycles. The number of rotatable bonds is 6. The van der Waals surface area contributed by atoms with Gasteiger partial charge in [-0.15, -0.1) is 0 Å². The molecule has 2 heterocycles. The highest BCUT2D eigenvalue weighted by atomic mass is 16.5. The summed E-state index contributed by atoms with van der Waals surface area (Å²) in [5, 5.41) is 2.03. The van der Waals surface area contributed by atoms with Gasteiger partial charge in [-0.3, -0.25) is 4.79 Å². The van der Waals surface area contributed by atoms with Crippen LogP contribution in [0.1, 0.15) is 27.9 Å². The number of H-pyrrole nitrogens is 1. The lowest BCUT2D eigenvalue weighted by Gasteiger charge is -2.22. The number of benzene rings is 2. The number of hydrogen-bond donors (Lipinski definition) is 3. The number of esters is 1. The van der Waals surface area contributed by atoms with Crippen molar-refractivity contribution in [1.29, 1.82) is 0 Å². The quantitative estimate of drug-likeness (QED) is 0.288. The summed E-state index contributed by atoms with van der Waals surface area (Å²) in [4.78, 5) is 30.0. The molecule has 0 saturated carbocycles. The van der Waals surface area contributed by atoms with Crippen LogP contribution in [-0.4, -0.2) is 49.4 Å². The predicted molar refractivity (Wildman–Crippen MR) is 132 cm³/mol. The molecule has 3 aromatic rings. The molecule has 9 heteroatoms. The Morgan fingerprint density at radius 1 is 1.21 bits per heavy atom. The summed E-state index contributed by atoms with van der Waals surface area (Å²) in [7, 11) is 1.34. The number of nitrogens with zero attached hydrogens (tertiary/aromatic N) is 2. The minimum Gasteiger partial charge on any atom is -0.465 e. The third kappa shape index (κ3) is 5.22. The van der Waals surface area contributed by atoms with Gasteiger partial charge in [-0.1, -0.05) is 24.3 Å². The molecule has 178 valence electrons. The average Bonchev–Trinajstić information content (AvgIpc) is 3.13. The Morgan fingerprint density at radius 2 is 2.00 bits per heavy atom. The van der Waals surface area contributed by atoms with E-state index in [1.54, 1.807) is 36.5 Å². The van der Waals surface area contributed by atoms with Crippen molar-refractivity contribution >= 4 is 28.4 Å². The topological polar surface area (TPSA) is 127 Å². The Morgan fingerprint density at radius 3 is 2.76 bits per heavy atom. The maximum Gasteiger partial charge on any atom is 0.337 e. The van der Waals surface area contributed by atoms with Gasteiger partial charge < -0.3 is 30.1 Å². The van der Waals surface area contributed by atoms with Crippen LogP contribution in [0.3, 0.4) is 0 Å². The lowest BCUT2D eigenvalue weighted by molar-refractivity contribution is 0.0600. The van der Waals surface area contributed by atoms with Gasteiger partial charge in [0, 0.05) is 42.9 Å². The molecule has 0 bridgehead atoms. The van der Waals surface area contributed by atoms with Crippen LogP contribution in [0.2, 0.25) is 0 Å². The molecule has 1 fully saturated rings. The molecule has 0 amide bonds. The third-order valence-corrected chi connectivity index (χ3v) is 5.77. The van der Waals surface area contributed by atoms with Crippen molar-refractivity contribution in [3.8, 4) is 0 Å². The minimum atomic E-state index is -0.391. The number of para-hydroxylation sites is 1. The number of methoxy groups -OCH3 is 1. The van der Waals surface area contributed by atoms with E-state index in [2.05, 4.69) is 9.88 Å². The SMILES string of the molecule is COC(=O)c1ccc(CN(N)/C=C(\N)c2cccc3c(=O)cc(N4CCCOCC4)[nH]c23)cc1. The third-order valence-electron chi connectivity index (χ3n) is 5.77. The second kappa shape index (κ2) is 10.4. The summed E-state index contributed by atoms with van der Waals surface area (Å²) in [6, 6.07) is 14.1. The van der Waals surface area contributed by atoms with Gasteiger partial charge in [0.2, 0.25) is 0 Å². The molecule has 0 atom stereocenters. The Balaban J connectivity index is 1.60. The number of carbonyl (C=O) groups is 1. The first-order valence-corrected chi connectivity index (χ1v) is 11.1. The summed E-state index contributed by atoms with van der Waals surface area (Å²) >= 11 is 0. The van der Waals surface area contributed by atoms with Crippen molar-refractivity contribution in [2.24, 2.45) is 11.6 Å². The first-order chi connectivity index (χ1) is 16.5. The van der Waals surface area contributed by atoms with E-state index < -0.39 is 5.97 Å². The molecule has 0 aliphatic carbocycles. The van der Waals surface area contributed by atoms with Crippen molar-refractivity contribution in [1.82, 2.24) is 9.99 Å². The second-order valence-corrected chi connectivity index (χ2v) is 8.15. The molecule has 9 nitrogen and oxygen atoms in total. The zero-order chi connectivity index (χ0) is 24.1. The van der Waals surface area contributed by atoms with Gasteiger partial charge in [0.25, 0.3) is 0 Å². The molecule has 0 unspecified atom stereocenters. The lowest BCUT2D eigenvalue weighted by atomic mass is 10.1. The highest BCUT2D eigenvalue weighted by molar-refractivity contribution is 5.91. The zero-order valence-corrected chi connectivity index (χ0v) is 19.1. The smallest absolute Gasteiger partial charge is 0.337 e. The summed E-state index contributed by atoms with van der Waals surface area (Å²) in [5.74, 6) is 6.55. The van der Waals surface area contributed by atoms with Crippen molar-refractivity contribution in [3.05, 3.63) is 81.6 Å². The number of nitrogens with two attached hydrogens (primary N) is 2. The van der Waals surface area contributed by atoms with E-state index in [0.29, 0.717) is 54.0 Å². The molecule has 34 heavy (non-hydrogen) atoms. The normalized spacial score (nSPS) is 14.6. The Kier molecular flexibility index (Phi) is 7.15. The van der Waals surface area contributed by atoms with E-state index in [1.165, 1.54) is 12.1 Å². The number of nitrogens with one attached hydrogen (secondary N) is 1. The van der Waals surface area contributed by atoms with Crippen molar-refractivity contribution < 1.29 is 14.3 Å². The molecule has 5 N–H and O–H groups in total. The van der Waals surface area contributed by atoms with Crippen LogP contribution in [0.15, 0.2) is 59.5 Å². The van der Waals surface area contributed by atoms with Gasteiger partial charge in [0.05, 0.1) is 37.0 Å². The second-order valence-electron chi connectivity index (χ2n) is 8.15. The van der Waals surface area contributed by atoms with Gasteiger partial charge in [-0.05, 0) is 30.2 Å². The fraction of sp³-hybridized carbons (Fsp3) is 0.280. The fourth-order valence-electron chi connectivity index (χ4n) is 4.03. The molecular formula is C25H29N5O4. The van der Waals surface area contributed by atoms with Crippen LogP contribution in [0.25, 0.3) is 16.6 Å². The van der Waals surface area contributed by atoms with Crippen molar-refractivity contribution in [2.75, 3.05) is 38.3 Å². The van der Waals surface area contributed by atoms with E-state index in [-0.39, 0.29) is 5.43 Å². The summed E-state index contributed by atoms with van der Waals surface area (Å²) in [6.07, 6.45) is 2.53. The monoisotopic (exact) mass is 463 g/mol. The molecular weight excluding hydrogens is 434 g/mol. The standard InChI is InChI=1S/C25H29N5O4/c1-33-25(32)18-8-6-17(7-9-18)15-30(27)16-21(26)19-4-2-5-20-22(31)14-23(28-24(19)20)29-10-3-12-34-13-11-29/h2,4-9,14,16H,3,10-13,15,26-27H2,1H3,(H,28,31)/b21-16-. The number of carbonyl (C=O) groups excluding carboxylic acids is 1. The van der Waals surface area contributed by atoms with Gasteiger partial charge in [-0.2, -0.15) is 0 Å². The number of aromatic nitrogens is 1. The van der Waals surface area contributed by atoms with Crippen LogP contribution in [0, 0.1) is 0 Å². The highest BCUT2D eigenvalue weighted by Crippen LogP contribution is 2.23. The number of anilines is 1. The van der Waals surface area contributed by atoms with Crippen molar-refractivity contribution in [3.63, 3.8) is 0 Å². The lowest BCUT2D eigenvalue weighted by Crippen LogP contribution is -2.28. The first-order valence-electron chi connectivity index (χ1n) is 11.1. The van der Waals surface area contributed by atoms with Crippen LogP contribution < -0.4 is 21.9 Å². The van der Waals surface area contributed by atoms with Gasteiger partial charge in [0.15, 0.2) is 5.43 Å². The van der Waals surface area contributed by atoms with E-state index in [0.717, 1.165) is 24.3 Å². The summed E-state index contributed by atoms with van der Waals surface area (Å²) in [5.41, 5.74) is 9.50. The van der Waals surface area contributed by atoms with E-state index in [1.807, 2.05) is 18.2 Å².